The molecule has 0 radical (unpaired) electrons. The smallest absolute Gasteiger partial charge is 0.264 e. The van der Waals surface area contributed by atoms with E-state index in [1.165, 1.54) is 5.56 Å². The summed E-state index contributed by atoms with van der Waals surface area (Å²) in [5.74, 6) is 1.75. The second kappa shape index (κ2) is 6.84. The summed E-state index contributed by atoms with van der Waals surface area (Å²) < 4.78 is 12.8. The largest absolute Gasteiger partial charge is 0.484 e. The van der Waals surface area contributed by atoms with Crippen molar-refractivity contribution in [2.45, 2.75) is 13.5 Å². The Hall–Kier alpha value is -3.41. The summed E-state index contributed by atoms with van der Waals surface area (Å²) in [7, 11) is 1.91. The zero-order chi connectivity index (χ0) is 17.9. The van der Waals surface area contributed by atoms with E-state index in [2.05, 4.69) is 15.2 Å². The van der Waals surface area contributed by atoms with Gasteiger partial charge >= 0.3 is 0 Å². The first-order chi connectivity index (χ1) is 12.7. The number of aryl methyl sites for hydroxylation is 2. The molecule has 4 rings (SSSR count). The van der Waals surface area contributed by atoms with Crippen LogP contribution in [0.15, 0.2) is 65.3 Å². The number of nitrogens with zero attached hydrogens (tertiary/aromatic N) is 4. The van der Waals surface area contributed by atoms with Crippen LogP contribution in [0.25, 0.3) is 22.6 Å². The van der Waals surface area contributed by atoms with E-state index in [1.54, 1.807) is 6.20 Å². The van der Waals surface area contributed by atoms with Crippen LogP contribution in [0.2, 0.25) is 0 Å². The topological polar surface area (TPSA) is 66.0 Å². The maximum atomic E-state index is 5.69. The molecule has 2 heterocycles. The Morgan fingerprint density at radius 3 is 2.62 bits per heavy atom. The van der Waals surface area contributed by atoms with E-state index in [0.29, 0.717) is 11.7 Å². The fourth-order valence-corrected chi connectivity index (χ4v) is 2.68. The fourth-order valence-electron chi connectivity index (χ4n) is 2.68. The number of benzene rings is 2. The van der Waals surface area contributed by atoms with Gasteiger partial charge in [0.1, 0.15) is 5.75 Å². The number of hydrogen-bond acceptors (Lipinski definition) is 5. The van der Waals surface area contributed by atoms with Crippen LogP contribution >= 0.6 is 0 Å². The second-order valence-corrected chi connectivity index (χ2v) is 6.03. The van der Waals surface area contributed by atoms with Crippen LogP contribution in [0.3, 0.4) is 0 Å². The normalized spacial score (nSPS) is 10.8. The number of aromatic nitrogens is 4. The molecule has 0 spiro atoms. The second-order valence-electron chi connectivity index (χ2n) is 6.03. The summed E-state index contributed by atoms with van der Waals surface area (Å²) in [6.45, 7) is 2.27. The van der Waals surface area contributed by atoms with Crippen molar-refractivity contribution in [2.24, 2.45) is 7.05 Å². The first-order valence-corrected chi connectivity index (χ1v) is 8.30. The first kappa shape index (κ1) is 16.1. The summed E-state index contributed by atoms with van der Waals surface area (Å²) in [4.78, 5) is 4.43. The van der Waals surface area contributed by atoms with Gasteiger partial charge in [0.2, 0.25) is 5.82 Å². The molecule has 4 aromatic rings. The molecule has 6 nitrogen and oxygen atoms in total. The molecule has 0 N–H and O–H groups in total. The van der Waals surface area contributed by atoms with Crippen LogP contribution in [-0.2, 0) is 13.7 Å². The third-order valence-electron chi connectivity index (χ3n) is 4.09. The van der Waals surface area contributed by atoms with Gasteiger partial charge in [-0.25, -0.2) is 0 Å². The minimum Gasteiger partial charge on any atom is -0.484 e. The summed E-state index contributed by atoms with van der Waals surface area (Å²) in [5, 5.41) is 8.28. The van der Waals surface area contributed by atoms with E-state index in [1.807, 2.05) is 73.3 Å². The van der Waals surface area contributed by atoms with Gasteiger partial charge in [-0.1, -0.05) is 41.1 Å². The number of ether oxygens (including phenoxy) is 1. The molecular formula is C20H18N4O2. The van der Waals surface area contributed by atoms with E-state index in [-0.39, 0.29) is 6.61 Å². The highest BCUT2D eigenvalue weighted by atomic mass is 16.5. The van der Waals surface area contributed by atoms with Gasteiger partial charge in [0.05, 0.1) is 5.69 Å². The minimum absolute atomic E-state index is 0.234. The minimum atomic E-state index is 0.234. The molecule has 0 bridgehead atoms. The number of rotatable bonds is 5. The van der Waals surface area contributed by atoms with Crippen molar-refractivity contribution in [1.29, 1.82) is 0 Å². The van der Waals surface area contributed by atoms with Gasteiger partial charge in [-0.15, -0.1) is 0 Å². The maximum absolute atomic E-state index is 5.69. The average molecular weight is 346 g/mol. The molecule has 130 valence electrons. The Labute approximate surface area is 151 Å². The van der Waals surface area contributed by atoms with Crippen molar-refractivity contribution >= 4 is 0 Å². The Bertz CT molecular complexity index is 1020. The number of hydrogen-bond donors (Lipinski definition) is 0. The monoisotopic (exact) mass is 346 g/mol. The van der Waals surface area contributed by atoms with Crippen LogP contribution in [0.5, 0.6) is 5.75 Å². The van der Waals surface area contributed by atoms with Crippen molar-refractivity contribution in [2.75, 3.05) is 0 Å². The quantitative estimate of drug-likeness (QED) is 0.546. The standard InChI is InChI=1S/C20H18N4O2/c1-14-6-8-17(9-7-14)25-13-19-22-20(23-26-19)16-5-3-4-15(12-16)18-10-11-21-24(18)2/h3-12H,13H2,1-2H3. The predicted molar refractivity (Wildman–Crippen MR) is 97.4 cm³/mol. The molecule has 0 aliphatic carbocycles. The van der Waals surface area contributed by atoms with Crippen molar-refractivity contribution in [1.82, 2.24) is 19.9 Å². The van der Waals surface area contributed by atoms with E-state index in [0.717, 1.165) is 22.6 Å². The predicted octanol–water partition coefficient (Wildman–Crippen LogP) is 4.02. The third kappa shape index (κ3) is 3.35. The SMILES string of the molecule is Cc1ccc(OCc2nc(-c3cccc(-c4ccnn4C)c3)no2)cc1. The molecule has 0 aliphatic heterocycles. The lowest BCUT2D eigenvalue weighted by Gasteiger charge is -2.03. The van der Waals surface area contributed by atoms with E-state index >= 15 is 0 Å². The molecule has 0 saturated heterocycles. The van der Waals surface area contributed by atoms with Crippen molar-refractivity contribution in [3.05, 3.63) is 72.2 Å². The fraction of sp³-hybridized carbons (Fsp3) is 0.150. The zero-order valence-electron chi connectivity index (χ0n) is 14.6. The summed E-state index contributed by atoms with van der Waals surface area (Å²) in [6.07, 6.45) is 1.77. The van der Waals surface area contributed by atoms with Crippen LogP contribution < -0.4 is 4.74 Å². The molecule has 2 aromatic carbocycles. The van der Waals surface area contributed by atoms with E-state index in [4.69, 9.17) is 9.26 Å². The van der Waals surface area contributed by atoms with Gasteiger partial charge < -0.3 is 9.26 Å². The van der Waals surface area contributed by atoms with Gasteiger partial charge in [-0.05, 0) is 31.2 Å². The highest BCUT2D eigenvalue weighted by Gasteiger charge is 2.11. The summed E-state index contributed by atoms with van der Waals surface area (Å²) in [6, 6.07) is 17.8. The molecular weight excluding hydrogens is 328 g/mol. The third-order valence-corrected chi connectivity index (χ3v) is 4.09. The Morgan fingerprint density at radius 1 is 1.04 bits per heavy atom. The Balaban J connectivity index is 1.51. The molecule has 0 amide bonds. The molecule has 0 fully saturated rings. The van der Waals surface area contributed by atoms with Gasteiger partial charge in [0.15, 0.2) is 6.61 Å². The maximum Gasteiger partial charge on any atom is 0.264 e. The zero-order valence-corrected chi connectivity index (χ0v) is 14.6. The molecule has 0 aliphatic rings. The lowest BCUT2D eigenvalue weighted by atomic mass is 10.1. The molecule has 26 heavy (non-hydrogen) atoms. The molecule has 0 atom stereocenters. The van der Waals surface area contributed by atoms with Crippen molar-refractivity contribution < 1.29 is 9.26 Å². The van der Waals surface area contributed by atoms with Gasteiger partial charge in [0, 0.05) is 24.4 Å². The molecule has 6 heteroatoms. The molecule has 0 saturated carbocycles. The Morgan fingerprint density at radius 2 is 1.85 bits per heavy atom. The highest BCUT2D eigenvalue weighted by Crippen LogP contribution is 2.24. The lowest BCUT2D eigenvalue weighted by Crippen LogP contribution is -1.96. The van der Waals surface area contributed by atoms with E-state index < -0.39 is 0 Å². The summed E-state index contributed by atoms with van der Waals surface area (Å²) in [5.41, 5.74) is 4.14. The van der Waals surface area contributed by atoms with Gasteiger partial charge in [-0.2, -0.15) is 10.1 Å². The molecule has 0 unspecified atom stereocenters. The first-order valence-electron chi connectivity index (χ1n) is 8.30. The van der Waals surface area contributed by atoms with Gasteiger partial charge in [0.25, 0.3) is 5.89 Å². The highest BCUT2D eigenvalue weighted by molar-refractivity contribution is 5.67. The van der Waals surface area contributed by atoms with Crippen LogP contribution in [0.1, 0.15) is 11.5 Å². The van der Waals surface area contributed by atoms with Crippen molar-refractivity contribution in [3.8, 4) is 28.4 Å². The van der Waals surface area contributed by atoms with Crippen molar-refractivity contribution in [3.63, 3.8) is 0 Å². The van der Waals surface area contributed by atoms with Crippen LogP contribution in [0, 0.1) is 6.92 Å². The molecule has 2 aromatic heterocycles. The van der Waals surface area contributed by atoms with Crippen LogP contribution in [-0.4, -0.2) is 19.9 Å². The van der Waals surface area contributed by atoms with Crippen LogP contribution in [0.4, 0.5) is 0 Å². The average Bonchev–Trinajstić information content (AvgIpc) is 3.30. The summed E-state index contributed by atoms with van der Waals surface area (Å²) >= 11 is 0. The van der Waals surface area contributed by atoms with Gasteiger partial charge in [-0.3, -0.25) is 4.68 Å². The lowest BCUT2D eigenvalue weighted by molar-refractivity contribution is 0.243. The van der Waals surface area contributed by atoms with E-state index in [9.17, 15) is 0 Å². The Kier molecular flexibility index (Phi) is 4.23.